The molecule has 2 aromatic rings. The monoisotopic (exact) mass is 454 g/mol. The molecule has 0 saturated heterocycles. The molecule has 0 unspecified atom stereocenters. The van der Waals surface area contributed by atoms with Crippen LogP contribution in [0.2, 0.25) is 0 Å². The van der Waals surface area contributed by atoms with Crippen LogP contribution in [0.25, 0.3) is 0 Å². The molecule has 5 nitrogen and oxygen atoms in total. The van der Waals surface area contributed by atoms with Crippen LogP contribution in [0.5, 0.6) is 0 Å². The molecular formula is C17H12Br2O5. The molecule has 2 aromatic carbocycles. The van der Waals surface area contributed by atoms with Crippen LogP contribution in [-0.4, -0.2) is 31.9 Å². The molecule has 0 spiro atoms. The third-order valence-corrected chi connectivity index (χ3v) is 4.65. The molecule has 0 aliphatic rings. The molecule has 0 amide bonds. The molecule has 0 aliphatic heterocycles. The summed E-state index contributed by atoms with van der Waals surface area (Å²) in [6.45, 7) is 0. The quantitative estimate of drug-likeness (QED) is 0.514. The predicted molar refractivity (Wildman–Crippen MR) is 94.4 cm³/mol. The highest BCUT2D eigenvalue weighted by Crippen LogP contribution is 2.24. The van der Waals surface area contributed by atoms with Gasteiger partial charge in [0.1, 0.15) is 0 Å². The summed E-state index contributed by atoms with van der Waals surface area (Å²) in [5.41, 5.74) is 1.09. The Morgan fingerprint density at radius 3 is 1.46 bits per heavy atom. The number of halogens is 2. The molecule has 7 heteroatoms. The van der Waals surface area contributed by atoms with Gasteiger partial charge in [-0.3, -0.25) is 4.79 Å². The number of benzene rings is 2. The SMILES string of the molecule is COC(=O)c1cc(C(=O)c2ccc(Br)c(C(=O)OC)c2)ccc1Br. The molecule has 124 valence electrons. The van der Waals surface area contributed by atoms with E-state index in [9.17, 15) is 14.4 Å². The van der Waals surface area contributed by atoms with Gasteiger partial charge in [0.2, 0.25) is 0 Å². The maximum Gasteiger partial charge on any atom is 0.339 e. The second-order valence-electron chi connectivity index (χ2n) is 4.70. The number of carbonyl (C=O) groups excluding carboxylic acids is 3. The zero-order valence-corrected chi connectivity index (χ0v) is 15.9. The zero-order valence-electron chi connectivity index (χ0n) is 12.8. The highest BCUT2D eigenvalue weighted by atomic mass is 79.9. The molecule has 0 saturated carbocycles. The van der Waals surface area contributed by atoms with Gasteiger partial charge in [0.25, 0.3) is 0 Å². The fraction of sp³-hybridized carbons (Fsp3) is 0.118. The average Bonchev–Trinajstić information content (AvgIpc) is 2.60. The van der Waals surface area contributed by atoms with E-state index in [0.29, 0.717) is 20.1 Å². The maximum absolute atomic E-state index is 12.7. The van der Waals surface area contributed by atoms with E-state index in [2.05, 4.69) is 31.9 Å². The summed E-state index contributed by atoms with van der Waals surface area (Å²) >= 11 is 6.49. The second kappa shape index (κ2) is 7.72. The summed E-state index contributed by atoms with van der Waals surface area (Å²) in [4.78, 5) is 36.1. The van der Waals surface area contributed by atoms with E-state index in [4.69, 9.17) is 9.47 Å². The van der Waals surface area contributed by atoms with E-state index in [0.717, 1.165) is 0 Å². The molecule has 0 aromatic heterocycles. The fourth-order valence-corrected chi connectivity index (χ4v) is 2.85. The number of hydrogen-bond donors (Lipinski definition) is 0. The topological polar surface area (TPSA) is 69.7 Å². The summed E-state index contributed by atoms with van der Waals surface area (Å²) in [5, 5.41) is 0. The van der Waals surface area contributed by atoms with Gasteiger partial charge >= 0.3 is 11.9 Å². The Bertz CT molecular complexity index is 762. The summed E-state index contributed by atoms with van der Waals surface area (Å²) < 4.78 is 10.4. The Morgan fingerprint density at radius 2 is 1.12 bits per heavy atom. The molecule has 0 aliphatic carbocycles. The summed E-state index contributed by atoms with van der Waals surface area (Å²) in [7, 11) is 2.53. The van der Waals surface area contributed by atoms with E-state index in [1.54, 1.807) is 24.3 Å². The number of carbonyl (C=O) groups is 3. The third-order valence-electron chi connectivity index (χ3n) is 3.27. The molecule has 24 heavy (non-hydrogen) atoms. The van der Waals surface area contributed by atoms with Crippen LogP contribution < -0.4 is 0 Å². The number of methoxy groups -OCH3 is 2. The Kier molecular flexibility index (Phi) is 5.90. The van der Waals surface area contributed by atoms with Crippen molar-refractivity contribution in [3.63, 3.8) is 0 Å². The predicted octanol–water partition coefficient (Wildman–Crippen LogP) is 4.02. The number of ketones is 1. The van der Waals surface area contributed by atoms with Gasteiger partial charge in [-0.15, -0.1) is 0 Å². The van der Waals surface area contributed by atoms with E-state index < -0.39 is 11.9 Å². The molecule has 0 bridgehead atoms. The van der Waals surface area contributed by atoms with Gasteiger partial charge in [-0.2, -0.15) is 0 Å². The average molecular weight is 456 g/mol. The van der Waals surface area contributed by atoms with E-state index in [1.165, 1.54) is 26.4 Å². The smallest absolute Gasteiger partial charge is 0.339 e. The van der Waals surface area contributed by atoms with Crippen molar-refractivity contribution in [1.29, 1.82) is 0 Å². The van der Waals surface area contributed by atoms with Gasteiger partial charge in [-0.1, -0.05) is 0 Å². The molecule has 0 radical (unpaired) electrons. The van der Waals surface area contributed by atoms with E-state index in [-0.39, 0.29) is 16.9 Å². The maximum atomic E-state index is 12.7. The lowest BCUT2D eigenvalue weighted by Gasteiger charge is -2.08. The summed E-state index contributed by atoms with van der Waals surface area (Å²) in [5.74, 6) is -1.43. The lowest BCUT2D eigenvalue weighted by atomic mass is 10.00. The molecule has 0 atom stereocenters. The van der Waals surface area contributed by atoms with Gasteiger partial charge in [0, 0.05) is 20.1 Å². The van der Waals surface area contributed by atoms with E-state index in [1.807, 2.05) is 0 Å². The number of hydrogen-bond acceptors (Lipinski definition) is 5. The third kappa shape index (κ3) is 3.73. The van der Waals surface area contributed by atoms with Crippen molar-refractivity contribution in [1.82, 2.24) is 0 Å². The Hall–Kier alpha value is -1.99. The lowest BCUT2D eigenvalue weighted by molar-refractivity contribution is 0.0591. The van der Waals surface area contributed by atoms with Gasteiger partial charge in [-0.25, -0.2) is 9.59 Å². The first-order valence-corrected chi connectivity index (χ1v) is 8.28. The highest BCUT2D eigenvalue weighted by Gasteiger charge is 2.18. The van der Waals surface area contributed by atoms with Gasteiger partial charge in [0.15, 0.2) is 5.78 Å². The summed E-state index contributed by atoms with van der Waals surface area (Å²) in [6, 6.07) is 9.24. The molecule has 2 rings (SSSR count). The number of esters is 2. The minimum Gasteiger partial charge on any atom is -0.465 e. The van der Waals surface area contributed by atoms with Crippen LogP contribution in [0.1, 0.15) is 36.6 Å². The van der Waals surface area contributed by atoms with Crippen LogP contribution in [-0.2, 0) is 9.47 Å². The van der Waals surface area contributed by atoms with Crippen molar-refractivity contribution in [2.75, 3.05) is 14.2 Å². The molecular weight excluding hydrogens is 444 g/mol. The molecule has 0 heterocycles. The standard InChI is InChI=1S/C17H12Br2O5/c1-23-16(21)11-7-9(3-5-13(11)18)15(20)10-4-6-14(19)12(8-10)17(22)24-2/h3-8H,1-2H3. The highest BCUT2D eigenvalue weighted by molar-refractivity contribution is 9.10. The van der Waals surface area contributed by atoms with Crippen LogP contribution >= 0.6 is 31.9 Å². The Labute approximate surface area is 155 Å². The van der Waals surface area contributed by atoms with Gasteiger partial charge < -0.3 is 9.47 Å². The first-order valence-electron chi connectivity index (χ1n) is 6.69. The van der Waals surface area contributed by atoms with Crippen molar-refractivity contribution in [3.8, 4) is 0 Å². The summed E-state index contributed by atoms with van der Waals surface area (Å²) in [6.07, 6.45) is 0. The molecule has 0 N–H and O–H groups in total. The van der Waals surface area contributed by atoms with Gasteiger partial charge in [-0.05, 0) is 68.3 Å². The Morgan fingerprint density at radius 1 is 0.750 bits per heavy atom. The number of rotatable bonds is 4. The van der Waals surface area contributed by atoms with Crippen molar-refractivity contribution >= 4 is 49.6 Å². The molecule has 0 fully saturated rings. The minimum absolute atomic E-state index is 0.244. The first-order chi connectivity index (χ1) is 11.4. The second-order valence-corrected chi connectivity index (χ2v) is 6.41. The van der Waals surface area contributed by atoms with Crippen molar-refractivity contribution in [3.05, 3.63) is 67.6 Å². The largest absolute Gasteiger partial charge is 0.465 e. The minimum atomic E-state index is -0.553. The first kappa shape index (κ1) is 18.4. The van der Waals surface area contributed by atoms with Crippen LogP contribution in [0.15, 0.2) is 45.3 Å². The van der Waals surface area contributed by atoms with E-state index >= 15 is 0 Å². The normalized spacial score (nSPS) is 10.2. The van der Waals surface area contributed by atoms with Crippen molar-refractivity contribution in [2.24, 2.45) is 0 Å². The van der Waals surface area contributed by atoms with Crippen LogP contribution in [0.3, 0.4) is 0 Å². The van der Waals surface area contributed by atoms with Gasteiger partial charge in [0.05, 0.1) is 25.3 Å². The fourth-order valence-electron chi connectivity index (χ4n) is 2.03. The van der Waals surface area contributed by atoms with Crippen LogP contribution in [0, 0.1) is 0 Å². The van der Waals surface area contributed by atoms with Crippen molar-refractivity contribution in [2.45, 2.75) is 0 Å². The lowest BCUT2D eigenvalue weighted by Crippen LogP contribution is -2.09. The number of ether oxygens (including phenoxy) is 2. The van der Waals surface area contributed by atoms with Crippen LogP contribution in [0.4, 0.5) is 0 Å². The van der Waals surface area contributed by atoms with Crippen molar-refractivity contribution < 1.29 is 23.9 Å². The Balaban J connectivity index is 2.46. The zero-order chi connectivity index (χ0) is 17.9.